The molecule has 0 heterocycles. The molecule has 0 aromatic heterocycles. The van der Waals surface area contributed by atoms with Crippen molar-refractivity contribution in [1.29, 1.82) is 0 Å². The van der Waals surface area contributed by atoms with E-state index in [1.165, 1.54) is 75.3 Å². The van der Waals surface area contributed by atoms with Gasteiger partial charge in [-0.05, 0) is 110 Å². The van der Waals surface area contributed by atoms with Crippen molar-refractivity contribution >= 4 is 0 Å². The molecule has 0 nitrogen and oxygen atoms in total. The van der Waals surface area contributed by atoms with Crippen molar-refractivity contribution in [3.63, 3.8) is 0 Å². The number of hydrogen-bond acceptors (Lipinski definition) is 0. The minimum atomic E-state index is 0.0691. The molecule has 0 amide bonds. The van der Waals surface area contributed by atoms with Crippen LogP contribution < -0.4 is 0 Å². The normalized spacial score (nSPS) is 31.5. The van der Waals surface area contributed by atoms with Crippen LogP contribution in [0.15, 0.2) is 24.5 Å². The molecule has 0 aliphatic heterocycles. The number of aryl methyl sites for hydroxylation is 1. The molecule has 5 atom stereocenters. The highest BCUT2D eigenvalue weighted by Gasteiger charge is 2.36. The smallest absolute Gasteiger partial charge is 0.126 e. The second-order valence-electron chi connectivity index (χ2n) is 10.5. The summed E-state index contributed by atoms with van der Waals surface area (Å²) in [5, 5.41) is 0. The zero-order valence-electron chi connectivity index (χ0n) is 18.9. The topological polar surface area (TPSA) is 0 Å². The van der Waals surface area contributed by atoms with E-state index in [1.54, 1.807) is 6.08 Å². The average molecular weight is 415 g/mol. The molecule has 0 radical (unpaired) electrons. The minimum absolute atomic E-state index is 0.0691. The van der Waals surface area contributed by atoms with Crippen molar-refractivity contribution in [2.75, 3.05) is 0 Å². The van der Waals surface area contributed by atoms with Crippen molar-refractivity contribution < 1.29 is 8.78 Å². The zero-order valence-corrected chi connectivity index (χ0v) is 18.9. The van der Waals surface area contributed by atoms with Crippen LogP contribution in [0.2, 0.25) is 0 Å². The maximum absolute atomic E-state index is 15.1. The highest BCUT2D eigenvalue weighted by molar-refractivity contribution is 5.37. The molecular formula is C28H40F2. The Morgan fingerprint density at radius 2 is 1.80 bits per heavy atom. The van der Waals surface area contributed by atoms with Crippen LogP contribution in [0.1, 0.15) is 107 Å². The Morgan fingerprint density at radius 3 is 2.63 bits per heavy atom. The van der Waals surface area contributed by atoms with Gasteiger partial charge >= 0.3 is 0 Å². The van der Waals surface area contributed by atoms with Crippen LogP contribution in [-0.4, -0.2) is 0 Å². The fourth-order valence-electron chi connectivity index (χ4n) is 6.77. The lowest BCUT2D eigenvalue weighted by Crippen LogP contribution is -2.30. The first-order valence-electron chi connectivity index (χ1n) is 12.8. The zero-order chi connectivity index (χ0) is 20.9. The first-order valence-corrected chi connectivity index (χ1v) is 12.8. The molecule has 0 saturated heterocycles. The first kappa shape index (κ1) is 22.0. The summed E-state index contributed by atoms with van der Waals surface area (Å²) in [6, 6.07) is 4.26. The number of allylic oxidation sites excluding steroid dienone is 1. The third-order valence-electron chi connectivity index (χ3n) is 8.56. The van der Waals surface area contributed by atoms with E-state index in [4.69, 9.17) is 0 Å². The van der Waals surface area contributed by atoms with E-state index in [0.717, 1.165) is 49.4 Å². The number of unbranched alkanes of at least 4 members (excludes halogenated alkanes) is 3. The van der Waals surface area contributed by atoms with Crippen molar-refractivity contribution in [1.82, 2.24) is 0 Å². The lowest BCUT2D eigenvalue weighted by Gasteiger charge is -2.42. The molecule has 0 spiro atoms. The molecule has 3 aliphatic carbocycles. The van der Waals surface area contributed by atoms with Crippen molar-refractivity contribution in [3.8, 4) is 0 Å². The molecule has 4 rings (SSSR count). The van der Waals surface area contributed by atoms with Gasteiger partial charge in [-0.1, -0.05) is 51.2 Å². The van der Waals surface area contributed by atoms with Gasteiger partial charge in [0.05, 0.1) is 6.33 Å². The molecule has 2 saturated carbocycles. The summed E-state index contributed by atoms with van der Waals surface area (Å²) in [5.74, 6) is 3.19. The molecular weight excluding hydrogens is 374 g/mol. The monoisotopic (exact) mass is 414 g/mol. The highest BCUT2D eigenvalue weighted by atomic mass is 19.1. The number of halogens is 2. The maximum Gasteiger partial charge on any atom is 0.126 e. The summed E-state index contributed by atoms with van der Waals surface area (Å²) >= 11 is 0. The Balaban J connectivity index is 1.37. The summed E-state index contributed by atoms with van der Waals surface area (Å²) in [6.07, 6.45) is 19.3. The first-order chi connectivity index (χ1) is 14.7. The fourth-order valence-corrected chi connectivity index (χ4v) is 6.77. The van der Waals surface area contributed by atoms with Crippen LogP contribution in [-0.2, 0) is 12.8 Å². The lowest BCUT2D eigenvalue weighted by atomic mass is 9.63. The van der Waals surface area contributed by atoms with Gasteiger partial charge in [-0.15, -0.1) is 0 Å². The fraction of sp³-hybridized carbons (Fsp3) is 0.714. The van der Waals surface area contributed by atoms with E-state index in [0.29, 0.717) is 17.8 Å². The third-order valence-corrected chi connectivity index (χ3v) is 8.56. The highest BCUT2D eigenvalue weighted by Crippen LogP contribution is 2.48. The molecule has 30 heavy (non-hydrogen) atoms. The van der Waals surface area contributed by atoms with E-state index in [2.05, 4.69) is 13.0 Å². The Labute approximate surface area is 182 Å². The van der Waals surface area contributed by atoms with Crippen LogP contribution in [0.5, 0.6) is 0 Å². The summed E-state index contributed by atoms with van der Waals surface area (Å²) in [7, 11) is 0. The van der Waals surface area contributed by atoms with Crippen molar-refractivity contribution in [2.45, 2.75) is 103 Å². The number of rotatable bonds is 7. The van der Waals surface area contributed by atoms with E-state index >= 15 is 4.39 Å². The van der Waals surface area contributed by atoms with Gasteiger partial charge in [-0.2, -0.15) is 0 Å². The molecule has 166 valence electrons. The molecule has 0 bridgehead atoms. The summed E-state index contributed by atoms with van der Waals surface area (Å²) in [6.45, 7) is 2.26. The van der Waals surface area contributed by atoms with Gasteiger partial charge in [0.1, 0.15) is 5.82 Å². The summed E-state index contributed by atoms with van der Waals surface area (Å²) in [5.41, 5.74) is 3.59. The average Bonchev–Trinajstić information content (AvgIpc) is 2.77. The Kier molecular flexibility index (Phi) is 7.65. The van der Waals surface area contributed by atoms with Gasteiger partial charge in [0.2, 0.25) is 0 Å². The number of fused-ring (bicyclic) bond motifs is 2. The number of hydrogen-bond donors (Lipinski definition) is 0. The van der Waals surface area contributed by atoms with Gasteiger partial charge < -0.3 is 0 Å². The van der Waals surface area contributed by atoms with Crippen LogP contribution in [0, 0.1) is 29.5 Å². The quantitative estimate of drug-likeness (QED) is 0.391. The lowest BCUT2D eigenvalue weighted by molar-refractivity contribution is 0.133. The van der Waals surface area contributed by atoms with Crippen molar-refractivity contribution in [2.24, 2.45) is 23.7 Å². The third kappa shape index (κ3) is 5.17. The van der Waals surface area contributed by atoms with Gasteiger partial charge in [0.15, 0.2) is 0 Å². The summed E-state index contributed by atoms with van der Waals surface area (Å²) < 4.78 is 27.7. The van der Waals surface area contributed by atoms with E-state index in [-0.39, 0.29) is 5.82 Å². The standard InChI is InChI=1S/C28H40F2/c1-2-3-4-5-6-20-8-10-25-18-26(19-28(30)27(25)16-20)24-12-11-22-15-21(13-14-29)7-9-23(22)17-24/h13-14,18-24H,2-12,15-17H2,1H3/b14-13+. The number of benzene rings is 1. The van der Waals surface area contributed by atoms with Gasteiger partial charge in [0.25, 0.3) is 0 Å². The predicted molar refractivity (Wildman–Crippen MR) is 122 cm³/mol. The molecule has 2 fully saturated rings. The molecule has 1 aromatic rings. The molecule has 2 heteroatoms. The molecule has 1 aromatic carbocycles. The minimum Gasteiger partial charge on any atom is -0.216 e. The van der Waals surface area contributed by atoms with Crippen molar-refractivity contribution in [3.05, 3.63) is 47.0 Å². The van der Waals surface area contributed by atoms with Gasteiger partial charge in [0, 0.05) is 0 Å². The maximum atomic E-state index is 15.1. The van der Waals surface area contributed by atoms with Crippen LogP contribution in [0.4, 0.5) is 8.78 Å². The van der Waals surface area contributed by atoms with Crippen LogP contribution in [0.3, 0.4) is 0 Å². The Morgan fingerprint density at radius 1 is 0.967 bits per heavy atom. The largest absolute Gasteiger partial charge is 0.216 e. The predicted octanol–water partition coefficient (Wildman–Crippen LogP) is 8.68. The van der Waals surface area contributed by atoms with E-state index in [9.17, 15) is 4.39 Å². The second-order valence-corrected chi connectivity index (χ2v) is 10.5. The van der Waals surface area contributed by atoms with Gasteiger partial charge in [-0.25, -0.2) is 8.78 Å². The van der Waals surface area contributed by atoms with Gasteiger partial charge in [-0.3, -0.25) is 0 Å². The second kappa shape index (κ2) is 10.4. The van der Waals surface area contributed by atoms with E-state index < -0.39 is 0 Å². The SMILES string of the molecule is CCCCCCC1CCc2cc(C3CCC4CC(/C=C/F)CCC4C3)cc(F)c2C1. The Bertz CT molecular complexity index is 722. The molecule has 3 aliphatic rings. The molecule has 5 unspecified atom stereocenters. The Hall–Kier alpha value is -1.18. The van der Waals surface area contributed by atoms with Crippen LogP contribution >= 0.6 is 0 Å². The summed E-state index contributed by atoms with van der Waals surface area (Å²) in [4.78, 5) is 0. The van der Waals surface area contributed by atoms with E-state index in [1.807, 2.05) is 6.07 Å². The van der Waals surface area contributed by atoms with Crippen LogP contribution in [0.25, 0.3) is 0 Å². The molecule has 0 N–H and O–H groups in total.